The van der Waals surface area contributed by atoms with Gasteiger partial charge in [-0.3, -0.25) is 9.10 Å². The third-order valence-corrected chi connectivity index (χ3v) is 5.11. The maximum atomic E-state index is 12.4. The number of nitrogens with zero attached hydrogens (tertiary/aromatic N) is 1. The molecule has 7 heteroatoms. The highest BCUT2D eigenvalue weighted by molar-refractivity contribution is 7.92. The number of carbonyl (C=O) groups is 1. The molecule has 1 aliphatic heterocycles. The van der Waals surface area contributed by atoms with E-state index in [0.29, 0.717) is 12.2 Å². The van der Waals surface area contributed by atoms with Crippen LogP contribution in [0.1, 0.15) is 25.3 Å². The smallest absolute Gasteiger partial charge is 0.243 e. The highest BCUT2D eigenvalue weighted by Gasteiger charge is 2.29. The van der Waals surface area contributed by atoms with E-state index in [1.165, 1.54) is 0 Å². The number of sulfonamides is 1. The van der Waals surface area contributed by atoms with E-state index in [1.54, 1.807) is 25.1 Å². The summed E-state index contributed by atoms with van der Waals surface area (Å²) in [6, 6.07) is 6.28. The molecule has 0 saturated carbocycles. The van der Waals surface area contributed by atoms with Gasteiger partial charge in [0.05, 0.1) is 18.0 Å². The number of ether oxygens (including phenoxy) is 1. The lowest BCUT2D eigenvalue weighted by atomic mass is 10.2. The van der Waals surface area contributed by atoms with Crippen molar-refractivity contribution in [2.24, 2.45) is 0 Å². The molecule has 0 aromatic heterocycles. The summed E-state index contributed by atoms with van der Waals surface area (Å²) in [4.78, 5) is 12.4. The van der Waals surface area contributed by atoms with Crippen LogP contribution in [0.3, 0.4) is 0 Å². The Hall–Kier alpha value is -1.60. The van der Waals surface area contributed by atoms with Gasteiger partial charge in [-0.05, 0) is 44.4 Å². The maximum Gasteiger partial charge on any atom is 0.243 e. The predicted molar refractivity (Wildman–Crippen MR) is 89.9 cm³/mol. The third kappa shape index (κ3) is 4.68. The number of benzene rings is 1. The molecule has 23 heavy (non-hydrogen) atoms. The van der Waals surface area contributed by atoms with Crippen molar-refractivity contribution in [1.29, 1.82) is 0 Å². The van der Waals surface area contributed by atoms with Crippen molar-refractivity contribution in [2.45, 2.75) is 38.8 Å². The van der Waals surface area contributed by atoms with E-state index in [4.69, 9.17) is 4.74 Å². The predicted octanol–water partition coefficient (Wildman–Crippen LogP) is 1.44. The van der Waals surface area contributed by atoms with Crippen molar-refractivity contribution in [1.82, 2.24) is 5.32 Å². The molecule has 1 amide bonds. The maximum absolute atomic E-state index is 12.4. The fourth-order valence-corrected chi connectivity index (χ4v) is 3.91. The molecule has 128 valence electrons. The van der Waals surface area contributed by atoms with E-state index < -0.39 is 16.1 Å². The number of rotatable bonds is 6. The summed E-state index contributed by atoms with van der Waals surface area (Å²) in [7, 11) is -3.58. The molecule has 2 atom stereocenters. The lowest BCUT2D eigenvalue weighted by Crippen LogP contribution is -2.49. The van der Waals surface area contributed by atoms with Crippen LogP contribution < -0.4 is 9.62 Å². The van der Waals surface area contributed by atoms with Gasteiger partial charge in [0.25, 0.3) is 0 Å². The van der Waals surface area contributed by atoms with Crippen LogP contribution in [0.5, 0.6) is 0 Å². The number of hydrogen-bond donors (Lipinski definition) is 1. The molecule has 1 saturated heterocycles. The van der Waals surface area contributed by atoms with Crippen molar-refractivity contribution in [2.75, 3.05) is 23.7 Å². The normalized spacial score (nSPS) is 19.3. The summed E-state index contributed by atoms with van der Waals surface area (Å²) in [5.41, 5.74) is 1.43. The molecule has 6 nitrogen and oxygen atoms in total. The summed E-state index contributed by atoms with van der Waals surface area (Å²) in [5, 5.41) is 2.79. The topological polar surface area (TPSA) is 75.7 Å². The molecule has 1 aliphatic rings. The highest BCUT2D eigenvalue weighted by atomic mass is 32.2. The Morgan fingerprint density at radius 2 is 2.22 bits per heavy atom. The SMILES string of the molecule is Cc1cccc(N(C(C)C(=O)NCC2CCCO2)S(C)(=O)=O)c1. The average Bonchev–Trinajstić information content (AvgIpc) is 2.96. The number of amides is 1. The number of aryl methyl sites for hydroxylation is 1. The Kier molecular flexibility index (Phi) is 5.64. The van der Waals surface area contributed by atoms with E-state index in [1.807, 2.05) is 13.0 Å². The molecular formula is C16H24N2O4S. The van der Waals surface area contributed by atoms with Crippen molar-refractivity contribution >= 4 is 21.6 Å². The molecule has 2 unspecified atom stereocenters. The monoisotopic (exact) mass is 340 g/mol. The fraction of sp³-hybridized carbons (Fsp3) is 0.562. The van der Waals surface area contributed by atoms with Crippen LogP contribution in [-0.4, -0.2) is 45.9 Å². The van der Waals surface area contributed by atoms with Gasteiger partial charge >= 0.3 is 0 Å². The number of hydrogen-bond acceptors (Lipinski definition) is 4. The standard InChI is InChI=1S/C16H24N2O4S/c1-12-6-4-7-14(10-12)18(23(3,20)21)13(2)16(19)17-11-15-8-5-9-22-15/h4,6-7,10,13,15H,5,8-9,11H2,1-3H3,(H,17,19). The molecule has 1 N–H and O–H groups in total. The van der Waals surface area contributed by atoms with Gasteiger partial charge in [0, 0.05) is 13.2 Å². The second-order valence-electron chi connectivity index (χ2n) is 5.95. The summed E-state index contributed by atoms with van der Waals surface area (Å²) in [6.45, 7) is 4.60. The van der Waals surface area contributed by atoms with Crippen LogP contribution in [0.15, 0.2) is 24.3 Å². The zero-order chi connectivity index (χ0) is 17.0. The fourth-order valence-electron chi connectivity index (χ4n) is 2.74. The minimum atomic E-state index is -3.58. The first-order valence-corrected chi connectivity index (χ1v) is 9.59. The van der Waals surface area contributed by atoms with E-state index in [9.17, 15) is 13.2 Å². The number of carbonyl (C=O) groups excluding carboxylic acids is 1. The first kappa shape index (κ1) is 17.7. The number of anilines is 1. The second-order valence-corrected chi connectivity index (χ2v) is 7.81. The number of nitrogens with one attached hydrogen (secondary N) is 1. The van der Waals surface area contributed by atoms with Crippen LogP contribution in [-0.2, 0) is 19.6 Å². The molecule has 1 heterocycles. The van der Waals surface area contributed by atoms with E-state index in [2.05, 4.69) is 5.32 Å². The highest BCUT2D eigenvalue weighted by Crippen LogP contribution is 2.22. The minimum Gasteiger partial charge on any atom is -0.376 e. The summed E-state index contributed by atoms with van der Waals surface area (Å²) in [6.07, 6.45) is 3.05. The Morgan fingerprint density at radius 1 is 1.48 bits per heavy atom. The molecule has 0 spiro atoms. The summed E-state index contributed by atoms with van der Waals surface area (Å²) in [5.74, 6) is -0.326. The molecule has 1 fully saturated rings. The first-order valence-electron chi connectivity index (χ1n) is 7.74. The van der Waals surface area contributed by atoms with Gasteiger partial charge in [0.2, 0.25) is 15.9 Å². The minimum absolute atomic E-state index is 0.0248. The lowest BCUT2D eigenvalue weighted by molar-refractivity contribution is -0.122. The Morgan fingerprint density at radius 3 is 2.78 bits per heavy atom. The third-order valence-electron chi connectivity index (χ3n) is 3.87. The van der Waals surface area contributed by atoms with Crippen molar-refractivity contribution in [3.63, 3.8) is 0 Å². The van der Waals surface area contributed by atoms with Gasteiger partial charge < -0.3 is 10.1 Å². The van der Waals surface area contributed by atoms with Crippen molar-refractivity contribution in [3.05, 3.63) is 29.8 Å². The largest absolute Gasteiger partial charge is 0.376 e. The molecule has 0 radical (unpaired) electrons. The van der Waals surface area contributed by atoms with Gasteiger partial charge in [0.1, 0.15) is 6.04 Å². The van der Waals surface area contributed by atoms with Crippen LogP contribution in [0.2, 0.25) is 0 Å². The van der Waals surface area contributed by atoms with Crippen LogP contribution in [0.4, 0.5) is 5.69 Å². The quantitative estimate of drug-likeness (QED) is 0.850. The van der Waals surface area contributed by atoms with Gasteiger partial charge in [-0.1, -0.05) is 12.1 Å². The summed E-state index contributed by atoms with van der Waals surface area (Å²) < 4.78 is 31.0. The van der Waals surface area contributed by atoms with E-state index in [-0.39, 0.29) is 12.0 Å². The van der Waals surface area contributed by atoms with Crippen LogP contribution >= 0.6 is 0 Å². The van der Waals surface area contributed by atoms with Gasteiger partial charge in [-0.2, -0.15) is 0 Å². The molecule has 0 bridgehead atoms. The summed E-state index contributed by atoms with van der Waals surface area (Å²) >= 11 is 0. The molecule has 2 rings (SSSR count). The average molecular weight is 340 g/mol. The zero-order valence-electron chi connectivity index (χ0n) is 13.8. The van der Waals surface area contributed by atoms with E-state index >= 15 is 0 Å². The van der Waals surface area contributed by atoms with Crippen molar-refractivity contribution < 1.29 is 17.9 Å². The lowest BCUT2D eigenvalue weighted by Gasteiger charge is -2.28. The Labute approximate surface area is 137 Å². The molecule has 1 aromatic rings. The van der Waals surface area contributed by atoms with Crippen molar-refractivity contribution in [3.8, 4) is 0 Å². The molecule has 0 aliphatic carbocycles. The first-order chi connectivity index (χ1) is 10.8. The molecule has 1 aromatic carbocycles. The molecular weight excluding hydrogens is 316 g/mol. The Bertz CT molecular complexity index is 654. The van der Waals surface area contributed by atoms with Crippen LogP contribution in [0.25, 0.3) is 0 Å². The van der Waals surface area contributed by atoms with Gasteiger partial charge in [0.15, 0.2) is 0 Å². The van der Waals surface area contributed by atoms with Gasteiger partial charge in [-0.15, -0.1) is 0 Å². The zero-order valence-corrected chi connectivity index (χ0v) is 14.6. The van der Waals surface area contributed by atoms with Gasteiger partial charge in [-0.25, -0.2) is 8.42 Å². The second kappa shape index (κ2) is 7.31. The van der Waals surface area contributed by atoms with Crippen LogP contribution in [0, 0.1) is 6.92 Å². The van der Waals surface area contributed by atoms with E-state index in [0.717, 1.165) is 35.6 Å². The Balaban J connectivity index is 2.13.